The molecule has 18 N–H and O–H groups in total. The lowest BCUT2D eigenvalue weighted by molar-refractivity contribution is -0.143. The minimum absolute atomic E-state index is 0.173. The van der Waals surface area contributed by atoms with Crippen LogP contribution in [-0.4, -0.2) is 161 Å². The molecule has 0 saturated heterocycles. The molecular formula is C37H59N11O14. The number of aliphatic hydroxyl groups excluding tert-OH is 4. The Bertz CT molecular complexity index is 1700. The highest BCUT2D eigenvalue weighted by Crippen LogP contribution is 2.06. The molecule has 8 amide bonds. The summed E-state index contributed by atoms with van der Waals surface area (Å²) in [4.78, 5) is 125. The summed E-state index contributed by atoms with van der Waals surface area (Å²) in [5, 5.41) is 52.8. The predicted octanol–water partition coefficient (Wildman–Crippen LogP) is -8.00. The van der Waals surface area contributed by atoms with E-state index in [2.05, 4.69) is 37.4 Å². The third-order valence-electron chi connectivity index (χ3n) is 8.83. The molecule has 346 valence electrons. The summed E-state index contributed by atoms with van der Waals surface area (Å²) in [7, 11) is 0. The summed E-state index contributed by atoms with van der Waals surface area (Å²) in [6.07, 6.45) is -2.09. The zero-order valence-corrected chi connectivity index (χ0v) is 34.4. The number of amides is 8. The summed E-state index contributed by atoms with van der Waals surface area (Å²) < 4.78 is 0. The minimum Gasteiger partial charge on any atom is -0.394 e. The van der Waals surface area contributed by atoms with Crippen molar-refractivity contribution in [1.82, 2.24) is 42.8 Å². The van der Waals surface area contributed by atoms with Crippen LogP contribution in [0.2, 0.25) is 0 Å². The van der Waals surface area contributed by atoms with Gasteiger partial charge in [0.2, 0.25) is 58.8 Å². The number of primary amides is 2. The van der Waals surface area contributed by atoms with Crippen LogP contribution in [0.3, 0.4) is 0 Å². The second-order valence-corrected chi connectivity index (χ2v) is 14.0. The fraction of sp³-hybridized carbons (Fsp3) is 0.568. The molecule has 0 aliphatic carbocycles. The van der Waals surface area contributed by atoms with Crippen LogP contribution in [-0.2, 0) is 54.4 Å². The average molecular weight is 882 g/mol. The monoisotopic (exact) mass is 881 g/mol. The standard InChI is InChI=1S/C37H59N11O14/c1-19(52)30(32(57)31(56)24(15-28(39)54)44-36(61)26(17-50)43-20(2)53)46-37(62)27(18-51)48-47-23(33(40)58)10-11-29(55)41-12-6-7-13-42-35(60)25(45-34(59)22(38)16-49)14-21-8-4-3-5-9-21/h3-5,8-9,19,22-27,30,47-52H,6-7,10-18,38H2,1-2H3,(H2,39,54)(H2,40,58)(H,41,55)(H,42,60)(H,43,53)(H,44,61)(H,45,59)(H,46,62)/t19-,22?,23?,24+,25?,26?,27+,30+/m1/s1. The molecule has 0 aliphatic heterocycles. The lowest BCUT2D eigenvalue weighted by Crippen LogP contribution is -2.62. The van der Waals surface area contributed by atoms with E-state index in [1.807, 2.05) is 5.32 Å². The van der Waals surface area contributed by atoms with E-state index < -0.39 is 133 Å². The van der Waals surface area contributed by atoms with E-state index in [0.717, 1.165) is 19.4 Å². The first-order valence-corrected chi connectivity index (χ1v) is 19.5. The lowest BCUT2D eigenvalue weighted by Gasteiger charge is -2.26. The van der Waals surface area contributed by atoms with E-state index in [1.165, 1.54) is 0 Å². The maximum absolute atomic E-state index is 13.2. The number of nitrogens with one attached hydrogen (secondary N) is 8. The Morgan fingerprint density at radius 1 is 0.645 bits per heavy atom. The number of hydrogen-bond acceptors (Lipinski definition) is 17. The Morgan fingerprint density at radius 2 is 1.21 bits per heavy atom. The Morgan fingerprint density at radius 3 is 1.74 bits per heavy atom. The van der Waals surface area contributed by atoms with Crippen LogP contribution in [0.15, 0.2) is 30.3 Å². The van der Waals surface area contributed by atoms with Crippen LogP contribution >= 0.6 is 0 Å². The number of rotatable bonds is 31. The normalized spacial score (nSPS) is 14.8. The van der Waals surface area contributed by atoms with Gasteiger partial charge in [-0.3, -0.25) is 47.9 Å². The Hall–Kier alpha value is -5.96. The molecule has 0 heterocycles. The molecule has 62 heavy (non-hydrogen) atoms. The van der Waals surface area contributed by atoms with Crippen molar-refractivity contribution >= 4 is 58.8 Å². The van der Waals surface area contributed by atoms with Crippen LogP contribution in [0.1, 0.15) is 51.5 Å². The van der Waals surface area contributed by atoms with Crippen molar-refractivity contribution in [3.63, 3.8) is 0 Å². The maximum atomic E-state index is 13.2. The van der Waals surface area contributed by atoms with E-state index in [4.69, 9.17) is 17.2 Å². The molecule has 0 aromatic heterocycles. The van der Waals surface area contributed by atoms with Crippen LogP contribution < -0.4 is 60.0 Å². The number of nitrogens with two attached hydrogens (primary N) is 3. The van der Waals surface area contributed by atoms with Gasteiger partial charge in [0.15, 0.2) is 0 Å². The van der Waals surface area contributed by atoms with E-state index in [1.54, 1.807) is 30.3 Å². The summed E-state index contributed by atoms with van der Waals surface area (Å²) in [5.74, 6) is -9.85. The van der Waals surface area contributed by atoms with Gasteiger partial charge in [-0.05, 0) is 31.7 Å². The molecular weight excluding hydrogens is 822 g/mol. The van der Waals surface area contributed by atoms with Gasteiger partial charge >= 0.3 is 0 Å². The number of benzene rings is 1. The first-order valence-electron chi connectivity index (χ1n) is 19.5. The topological polar surface area (TPSA) is 426 Å². The molecule has 1 rings (SSSR count). The molecule has 4 unspecified atom stereocenters. The van der Waals surface area contributed by atoms with Gasteiger partial charge in [0, 0.05) is 32.9 Å². The van der Waals surface area contributed by atoms with Gasteiger partial charge in [-0.1, -0.05) is 30.3 Å². The number of unbranched alkanes of at least 4 members (excludes halogenated alkanes) is 1. The van der Waals surface area contributed by atoms with Crippen molar-refractivity contribution in [2.24, 2.45) is 17.2 Å². The highest BCUT2D eigenvalue weighted by molar-refractivity contribution is 6.42. The highest BCUT2D eigenvalue weighted by Gasteiger charge is 2.38. The molecule has 8 atom stereocenters. The van der Waals surface area contributed by atoms with Gasteiger partial charge in [0.1, 0.15) is 42.3 Å². The smallest absolute Gasteiger partial charge is 0.245 e. The van der Waals surface area contributed by atoms with Crippen molar-refractivity contribution in [3.05, 3.63) is 35.9 Å². The third-order valence-corrected chi connectivity index (χ3v) is 8.83. The van der Waals surface area contributed by atoms with Crippen molar-refractivity contribution in [3.8, 4) is 0 Å². The molecule has 0 bridgehead atoms. The first kappa shape index (κ1) is 54.1. The quantitative estimate of drug-likeness (QED) is 0.0187. The van der Waals surface area contributed by atoms with Crippen molar-refractivity contribution in [1.29, 1.82) is 0 Å². The second-order valence-electron chi connectivity index (χ2n) is 14.0. The van der Waals surface area contributed by atoms with Crippen LogP contribution in [0, 0.1) is 0 Å². The van der Waals surface area contributed by atoms with Gasteiger partial charge in [-0.25, -0.2) is 10.9 Å². The van der Waals surface area contributed by atoms with Crippen LogP contribution in [0.4, 0.5) is 0 Å². The summed E-state index contributed by atoms with van der Waals surface area (Å²) in [6.45, 7) is -0.0663. The minimum atomic E-state index is -2.00. The second kappa shape index (κ2) is 28.5. The number of hydrogen-bond donors (Lipinski definition) is 15. The van der Waals surface area contributed by atoms with E-state index in [9.17, 15) is 68.4 Å². The van der Waals surface area contributed by atoms with Gasteiger partial charge in [-0.2, -0.15) is 0 Å². The average Bonchev–Trinajstić information content (AvgIpc) is 3.22. The fourth-order valence-corrected chi connectivity index (χ4v) is 5.38. The molecule has 0 fully saturated rings. The molecule has 0 radical (unpaired) electrons. The van der Waals surface area contributed by atoms with Crippen molar-refractivity contribution in [2.45, 2.75) is 101 Å². The molecule has 1 aromatic rings. The zero-order chi connectivity index (χ0) is 46.9. The SMILES string of the molecule is CC(=O)NC(CO)C(=O)N[C@@H](CC(N)=O)C(=O)C(=O)[C@@H](NC(=O)[C@H](CO)NNC(CCC(=O)NCCCCNC(=O)C(Cc1ccccc1)NC(=O)C(N)CO)C(N)=O)[C@@H](C)O. The van der Waals surface area contributed by atoms with E-state index in [0.29, 0.717) is 12.8 Å². The molecule has 25 heteroatoms. The Kier molecular flexibility index (Phi) is 24.9. The fourth-order valence-electron chi connectivity index (χ4n) is 5.38. The summed E-state index contributed by atoms with van der Waals surface area (Å²) in [5.41, 5.74) is 21.7. The Labute approximate surface area is 356 Å². The number of carbonyl (C=O) groups excluding carboxylic acids is 10. The summed E-state index contributed by atoms with van der Waals surface area (Å²) in [6, 6.07) is -1.70. The van der Waals surface area contributed by atoms with Crippen molar-refractivity contribution < 1.29 is 68.4 Å². The zero-order valence-electron chi connectivity index (χ0n) is 34.4. The molecule has 1 aromatic carbocycles. The lowest BCUT2D eigenvalue weighted by atomic mass is 9.96. The number of carbonyl (C=O) groups is 10. The van der Waals surface area contributed by atoms with E-state index in [-0.39, 0.29) is 32.4 Å². The number of ketones is 2. The first-order chi connectivity index (χ1) is 29.2. The summed E-state index contributed by atoms with van der Waals surface area (Å²) >= 11 is 0. The highest BCUT2D eigenvalue weighted by atomic mass is 16.3. The number of aliphatic hydroxyl groups is 4. The predicted molar refractivity (Wildman–Crippen MR) is 216 cm³/mol. The van der Waals surface area contributed by atoms with Crippen molar-refractivity contribution in [2.75, 3.05) is 32.9 Å². The van der Waals surface area contributed by atoms with Gasteiger partial charge < -0.3 is 69.5 Å². The number of hydrazine groups is 1. The molecule has 25 nitrogen and oxygen atoms in total. The van der Waals surface area contributed by atoms with Gasteiger partial charge in [-0.15, -0.1) is 0 Å². The molecule has 0 saturated carbocycles. The van der Waals surface area contributed by atoms with Crippen LogP contribution in [0.5, 0.6) is 0 Å². The Balaban J connectivity index is 2.72. The largest absolute Gasteiger partial charge is 0.394 e. The third kappa shape index (κ3) is 20.1. The number of Topliss-reactive ketones (excluding diaryl/α,β-unsaturated/α-hetero) is 2. The van der Waals surface area contributed by atoms with Crippen LogP contribution in [0.25, 0.3) is 0 Å². The molecule has 0 aliphatic rings. The molecule has 0 spiro atoms. The van der Waals surface area contributed by atoms with Gasteiger partial charge in [0.25, 0.3) is 0 Å². The van der Waals surface area contributed by atoms with E-state index >= 15 is 0 Å². The maximum Gasteiger partial charge on any atom is 0.245 e. The van der Waals surface area contributed by atoms with Gasteiger partial charge in [0.05, 0.1) is 32.3 Å².